The highest BCUT2D eigenvalue weighted by Gasteiger charge is 2.16. The number of fused-ring (bicyclic) bond motifs is 1. The summed E-state index contributed by atoms with van der Waals surface area (Å²) in [5, 5.41) is 8.99. The van der Waals surface area contributed by atoms with Crippen LogP contribution in [0.1, 0.15) is 21.7 Å². The Labute approximate surface area is 128 Å². The van der Waals surface area contributed by atoms with Crippen LogP contribution in [-0.2, 0) is 0 Å². The molecule has 0 N–H and O–H groups in total. The summed E-state index contributed by atoms with van der Waals surface area (Å²) in [5.41, 5.74) is 3.47. The Bertz CT molecular complexity index is 845. The molecule has 0 aliphatic rings. The van der Waals surface area contributed by atoms with Gasteiger partial charge in [-0.15, -0.1) is 0 Å². The number of furan rings is 1. The van der Waals surface area contributed by atoms with Gasteiger partial charge in [-0.25, -0.2) is 0 Å². The van der Waals surface area contributed by atoms with E-state index < -0.39 is 0 Å². The van der Waals surface area contributed by atoms with Gasteiger partial charge in [-0.2, -0.15) is 10.2 Å². The standard InChI is InChI=1S/C18H16N2O2/c1-12-7-9-14(10-8-12)20-19-11-16(21)18-13(2)15-5-3-4-6-17(15)22-18/h3-10H,11H2,1-2H3. The molecule has 1 heterocycles. The topological polar surface area (TPSA) is 54.9 Å². The number of ketones is 1. The SMILES string of the molecule is Cc1ccc(N=NCC(=O)c2oc3ccccc3c2C)cc1. The second kappa shape index (κ2) is 5.93. The molecule has 4 heteroatoms. The fourth-order valence-corrected chi connectivity index (χ4v) is 2.30. The van der Waals surface area contributed by atoms with Crippen molar-refractivity contribution in [2.24, 2.45) is 10.2 Å². The molecule has 0 radical (unpaired) electrons. The van der Waals surface area contributed by atoms with E-state index in [2.05, 4.69) is 10.2 Å². The largest absolute Gasteiger partial charge is 0.453 e. The van der Waals surface area contributed by atoms with Gasteiger partial charge in [-0.3, -0.25) is 4.79 Å². The van der Waals surface area contributed by atoms with Crippen molar-refractivity contribution < 1.29 is 9.21 Å². The van der Waals surface area contributed by atoms with Gasteiger partial charge in [0.25, 0.3) is 0 Å². The average molecular weight is 292 g/mol. The van der Waals surface area contributed by atoms with E-state index in [0.29, 0.717) is 5.76 Å². The minimum Gasteiger partial charge on any atom is -0.453 e. The van der Waals surface area contributed by atoms with Gasteiger partial charge in [0.15, 0.2) is 5.76 Å². The summed E-state index contributed by atoms with van der Waals surface area (Å²) < 4.78 is 5.63. The summed E-state index contributed by atoms with van der Waals surface area (Å²) in [7, 11) is 0. The first-order valence-electron chi connectivity index (χ1n) is 7.10. The van der Waals surface area contributed by atoms with Gasteiger partial charge in [-0.05, 0) is 32.0 Å². The smallest absolute Gasteiger partial charge is 0.221 e. The van der Waals surface area contributed by atoms with Crippen molar-refractivity contribution in [3.05, 3.63) is 65.4 Å². The summed E-state index contributed by atoms with van der Waals surface area (Å²) in [6, 6.07) is 15.3. The fourth-order valence-electron chi connectivity index (χ4n) is 2.30. The van der Waals surface area contributed by atoms with E-state index in [1.165, 1.54) is 0 Å². The molecule has 0 fully saturated rings. The van der Waals surface area contributed by atoms with Gasteiger partial charge < -0.3 is 4.42 Å². The Morgan fingerprint density at radius 2 is 1.77 bits per heavy atom. The quantitative estimate of drug-likeness (QED) is 0.501. The Kier molecular flexibility index (Phi) is 3.83. The number of nitrogens with zero attached hydrogens (tertiary/aromatic N) is 2. The first-order valence-corrected chi connectivity index (χ1v) is 7.10. The van der Waals surface area contributed by atoms with Gasteiger partial charge in [0.2, 0.25) is 5.78 Å². The van der Waals surface area contributed by atoms with Gasteiger partial charge in [0.1, 0.15) is 12.1 Å². The van der Waals surface area contributed by atoms with Crippen LogP contribution in [0.3, 0.4) is 0 Å². The van der Waals surface area contributed by atoms with Crippen LogP contribution in [0.2, 0.25) is 0 Å². The van der Waals surface area contributed by atoms with Crippen molar-refractivity contribution in [2.75, 3.05) is 6.54 Å². The van der Waals surface area contributed by atoms with Crippen molar-refractivity contribution in [3.63, 3.8) is 0 Å². The minimum absolute atomic E-state index is 0.0193. The van der Waals surface area contributed by atoms with Crippen LogP contribution in [-0.4, -0.2) is 12.3 Å². The zero-order valence-corrected chi connectivity index (χ0v) is 12.5. The number of hydrogen-bond donors (Lipinski definition) is 0. The van der Waals surface area contributed by atoms with E-state index in [1.807, 2.05) is 62.4 Å². The normalized spacial score (nSPS) is 11.4. The van der Waals surface area contributed by atoms with Crippen LogP contribution < -0.4 is 0 Å². The molecule has 1 aromatic heterocycles. The Morgan fingerprint density at radius 3 is 2.50 bits per heavy atom. The number of carbonyl (C=O) groups excluding carboxylic acids is 1. The Balaban J connectivity index is 1.76. The van der Waals surface area contributed by atoms with Crippen molar-refractivity contribution in [3.8, 4) is 0 Å². The van der Waals surface area contributed by atoms with Gasteiger partial charge in [-0.1, -0.05) is 35.9 Å². The Morgan fingerprint density at radius 1 is 1.05 bits per heavy atom. The van der Waals surface area contributed by atoms with E-state index in [4.69, 9.17) is 4.42 Å². The van der Waals surface area contributed by atoms with Crippen LogP contribution in [0.4, 0.5) is 5.69 Å². The molecule has 3 aromatic rings. The lowest BCUT2D eigenvalue weighted by Gasteiger charge is -1.95. The van der Waals surface area contributed by atoms with Gasteiger partial charge in [0, 0.05) is 10.9 Å². The maximum absolute atomic E-state index is 12.2. The fraction of sp³-hybridized carbons (Fsp3) is 0.167. The molecule has 0 unspecified atom stereocenters. The number of benzene rings is 2. The lowest BCUT2D eigenvalue weighted by atomic mass is 10.1. The van der Waals surface area contributed by atoms with Crippen molar-refractivity contribution in [2.45, 2.75) is 13.8 Å². The van der Waals surface area contributed by atoms with E-state index in [9.17, 15) is 4.79 Å². The second-order valence-electron chi connectivity index (χ2n) is 5.21. The van der Waals surface area contributed by atoms with Crippen LogP contribution in [0.5, 0.6) is 0 Å². The van der Waals surface area contributed by atoms with E-state index >= 15 is 0 Å². The highest BCUT2D eigenvalue weighted by molar-refractivity contribution is 6.01. The summed E-state index contributed by atoms with van der Waals surface area (Å²) >= 11 is 0. The first kappa shape index (κ1) is 14.2. The van der Waals surface area contributed by atoms with Crippen molar-refractivity contribution in [1.82, 2.24) is 0 Å². The number of rotatable bonds is 4. The molecule has 0 aliphatic heterocycles. The predicted octanol–water partition coefficient (Wildman–Crippen LogP) is 5.02. The zero-order valence-electron chi connectivity index (χ0n) is 12.5. The lowest BCUT2D eigenvalue weighted by Crippen LogP contribution is -2.02. The highest BCUT2D eigenvalue weighted by Crippen LogP contribution is 2.25. The average Bonchev–Trinajstić information content (AvgIpc) is 2.87. The molecule has 0 amide bonds. The van der Waals surface area contributed by atoms with Gasteiger partial charge in [0.05, 0.1) is 5.69 Å². The predicted molar refractivity (Wildman–Crippen MR) is 85.8 cm³/mol. The molecule has 110 valence electrons. The maximum Gasteiger partial charge on any atom is 0.221 e. The summed E-state index contributed by atoms with van der Waals surface area (Å²) in [6.07, 6.45) is 0. The molecular weight excluding hydrogens is 276 g/mol. The molecule has 0 saturated carbocycles. The third kappa shape index (κ3) is 2.81. The highest BCUT2D eigenvalue weighted by atomic mass is 16.3. The first-order chi connectivity index (χ1) is 10.6. The number of aryl methyl sites for hydroxylation is 2. The summed E-state index contributed by atoms with van der Waals surface area (Å²) in [5.74, 6) is 0.202. The molecule has 0 aliphatic carbocycles. The molecule has 2 aromatic carbocycles. The number of carbonyl (C=O) groups is 1. The van der Waals surface area contributed by atoms with Crippen LogP contribution in [0.15, 0.2) is 63.2 Å². The monoisotopic (exact) mass is 292 g/mol. The zero-order chi connectivity index (χ0) is 15.5. The van der Waals surface area contributed by atoms with Gasteiger partial charge >= 0.3 is 0 Å². The maximum atomic E-state index is 12.2. The molecule has 0 atom stereocenters. The van der Waals surface area contributed by atoms with Crippen LogP contribution >= 0.6 is 0 Å². The summed E-state index contributed by atoms with van der Waals surface area (Å²) in [4.78, 5) is 12.2. The number of azo groups is 1. The third-order valence-corrected chi connectivity index (χ3v) is 3.53. The number of hydrogen-bond acceptors (Lipinski definition) is 4. The minimum atomic E-state index is -0.162. The molecule has 0 bridgehead atoms. The molecule has 22 heavy (non-hydrogen) atoms. The van der Waals surface area contributed by atoms with Crippen molar-refractivity contribution in [1.29, 1.82) is 0 Å². The third-order valence-electron chi connectivity index (χ3n) is 3.53. The Hall–Kier alpha value is -2.75. The molecule has 4 nitrogen and oxygen atoms in total. The molecule has 0 spiro atoms. The van der Waals surface area contributed by atoms with Crippen molar-refractivity contribution >= 4 is 22.4 Å². The van der Waals surface area contributed by atoms with E-state index in [0.717, 1.165) is 27.8 Å². The van der Waals surface area contributed by atoms with Crippen LogP contribution in [0, 0.1) is 13.8 Å². The molecular formula is C18H16N2O2. The van der Waals surface area contributed by atoms with E-state index in [-0.39, 0.29) is 12.3 Å². The molecule has 3 rings (SSSR count). The number of Topliss-reactive ketones (excluding diaryl/α,β-unsaturated/α-hetero) is 1. The van der Waals surface area contributed by atoms with E-state index in [1.54, 1.807) is 0 Å². The number of para-hydroxylation sites is 1. The summed E-state index contributed by atoms with van der Waals surface area (Å²) in [6.45, 7) is 3.87. The lowest BCUT2D eigenvalue weighted by molar-refractivity contribution is 0.0975. The van der Waals surface area contributed by atoms with Crippen LogP contribution in [0.25, 0.3) is 11.0 Å². The molecule has 0 saturated heterocycles. The second-order valence-corrected chi connectivity index (χ2v) is 5.21.